The monoisotopic (exact) mass is 201 g/mol. The molecule has 4 heteroatoms. The zero-order valence-electron chi connectivity index (χ0n) is 9.28. The van der Waals surface area contributed by atoms with Gasteiger partial charge >= 0.3 is 5.97 Å². The van der Waals surface area contributed by atoms with Gasteiger partial charge in [0.25, 0.3) is 0 Å². The van der Waals surface area contributed by atoms with Gasteiger partial charge in [0.2, 0.25) is 0 Å². The molecule has 0 amide bonds. The predicted octanol–water partition coefficient (Wildman–Crippen LogP) is 0.598. The number of likely N-dealkylation sites (tertiary alicyclic amines) is 1. The van der Waals surface area contributed by atoms with Gasteiger partial charge in [0.05, 0.1) is 13.0 Å². The van der Waals surface area contributed by atoms with Crippen molar-refractivity contribution in [1.29, 1.82) is 0 Å². The van der Waals surface area contributed by atoms with Crippen molar-refractivity contribution in [2.45, 2.75) is 39.0 Å². The lowest BCUT2D eigenvalue weighted by Gasteiger charge is -2.34. The van der Waals surface area contributed by atoms with Crippen LogP contribution in [0.4, 0.5) is 0 Å². The maximum atomic E-state index is 11.3. The molecular weight excluding hydrogens is 182 g/mol. The highest BCUT2D eigenvalue weighted by atomic mass is 16.5. The molecule has 1 heterocycles. The molecule has 0 aromatic rings. The molecule has 1 fully saturated rings. The molecule has 2 unspecified atom stereocenters. The van der Waals surface area contributed by atoms with Crippen LogP contribution in [0.5, 0.6) is 0 Å². The van der Waals surface area contributed by atoms with Crippen molar-refractivity contribution in [2.24, 2.45) is 5.92 Å². The lowest BCUT2D eigenvalue weighted by molar-refractivity contribution is -0.145. The van der Waals surface area contributed by atoms with E-state index in [1.807, 2.05) is 25.7 Å². The lowest BCUT2D eigenvalue weighted by atomic mass is 10.1. The maximum absolute atomic E-state index is 11.3. The Hall–Kier alpha value is -0.610. The molecule has 0 aromatic heterocycles. The van der Waals surface area contributed by atoms with Gasteiger partial charge in [-0.2, -0.15) is 0 Å². The Morgan fingerprint density at radius 2 is 2.07 bits per heavy atom. The first-order chi connectivity index (χ1) is 6.36. The highest BCUT2D eigenvalue weighted by molar-refractivity contribution is 5.73. The van der Waals surface area contributed by atoms with Gasteiger partial charge < -0.3 is 9.84 Å². The number of methoxy groups -OCH3 is 1. The summed E-state index contributed by atoms with van der Waals surface area (Å²) >= 11 is 0. The SMILES string of the molecule is COC(=O)C1CC(O)N(C(C)(C)C)C1. The summed E-state index contributed by atoms with van der Waals surface area (Å²) in [6.45, 7) is 6.65. The molecule has 1 rings (SSSR count). The van der Waals surface area contributed by atoms with Gasteiger partial charge in [-0.3, -0.25) is 9.69 Å². The normalized spacial score (nSPS) is 29.2. The third-order valence-corrected chi connectivity index (χ3v) is 2.67. The minimum absolute atomic E-state index is 0.109. The number of carbonyl (C=O) groups excluding carboxylic acids is 1. The highest BCUT2D eigenvalue weighted by Crippen LogP contribution is 2.29. The van der Waals surface area contributed by atoms with E-state index in [2.05, 4.69) is 4.74 Å². The second-order valence-corrected chi connectivity index (χ2v) is 4.76. The zero-order chi connectivity index (χ0) is 10.9. The van der Waals surface area contributed by atoms with Gasteiger partial charge in [-0.15, -0.1) is 0 Å². The topological polar surface area (TPSA) is 49.8 Å². The van der Waals surface area contributed by atoms with Crippen LogP contribution in [-0.2, 0) is 9.53 Å². The Labute approximate surface area is 84.8 Å². The van der Waals surface area contributed by atoms with Crippen LogP contribution in [0, 0.1) is 5.92 Å². The third-order valence-electron chi connectivity index (χ3n) is 2.67. The molecule has 0 spiro atoms. The Morgan fingerprint density at radius 3 is 2.43 bits per heavy atom. The van der Waals surface area contributed by atoms with Crippen LogP contribution in [0.2, 0.25) is 0 Å². The van der Waals surface area contributed by atoms with Gasteiger partial charge in [-0.25, -0.2) is 0 Å². The van der Waals surface area contributed by atoms with E-state index < -0.39 is 6.23 Å². The molecule has 1 saturated heterocycles. The molecule has 0 bridgehead atoms. The number of esters is 1. The molecule has 0 saturated carbocycles. The van der Waals surface area contributed by atoms with E-state index >= 15 is 0 Å². The van der Waals surface area contributed by atoms with E-state index in [1.54, 1.807) is 0 Å². The Bertz CT molecular complexity index is 222. The Morgan fingerprint density at radius 1 is 1.50 bits per heavy atom. The summed E-state index contributed by atoms with van der Waals surface area (Å²) in [6, 6.07) is 0. The third kappa shape index (κ3) is 2.25. The number of rotatable bonds is 1. The summed E-state index contributed by atoms with van der Waals surface area (Å²) in [5.41, 5.74) is -0.109. The summed E-state index contributed by atoms with van der Waals surface area (Å²) in [5, 5.41) is 9.76. The van der Waals surface area contributed by atoms with E-state index in [4.69, 9.17) is 0 Å². The summed E-state index contributed by atoms with van der Waals surface area (Å²) in [7, 11) is 1.38. The van der Waals surface area contributed by atoms with Crippen molar-refractivity contribution in [2.75, 3.05) is 13.7 Å². The standard InChI is InChI=1S/C10H19NO3/c1-10(2,3)11-6-7(5-8(11)12)9(13)14-4/h7-8,12H,5-6H2,1-4H3. The fourth-order valence-corrected chi connectivity index (χ4v) is 1.87. The number of ether oxygens (including phenoxy) is 1. The number of aliphatic hydroxyl groups is 1. The lowest BCUT2D eigenvalue weighted by Crippen LogP contribution is -2.44. The van der Waals surface area contributed by atoms with Crippen LogP contribution in [-0.4, -0.2) is 41.4 Å². The molecule has 82 valence electrons. The molecule has 0 aliphatic carbocycles. The predicted molar refractivity (Wildman–Crippen MR) is 52.6 cm³/mol. The Balaban J connectivity index is 2.65. The number of nitrogens with zero attached hydrogens (tertiary/aromatic N) is 1. The average Bonchev–Trinajstić information content (AvgIpc) is 2.45. The van der Waals surface area contributed by atoms with E-state index in [-0.39, 0.29) is 17.4 Å². The smallest absolute Gasteiger partial charge is 0.310 e. The second kappa shape index (κ2) is 3.87. The van der Waals surface area contributed by atoms with Gasteiger partial charge in [0.15, 0.2) is 0 Å². The van der Waals surface area contributed by atoms with Crippen LogP contribution >= 0.6 is 0 Å². The molecule has 0 aromatic carbocycles. The maximum Gasteiger partial charge on any atom is 0.310 e. The van der Waals surface area contributed by atoms with Gasteiger partial charge in [-0.05, 0) is 20.8 Å². The minimum atomic E-state index is -0.529. The molecular formula is C10H19NO3. The van der Waals surface area contributed by atoms with E-state index in [1.165, 1.54) is 7.11 Å². The first-order valence-electron chi connectivity index (χ1n) is 4.89. The second-order valence-electron chi connectivity index (χ2n) is 4.76. The van der Waals surface area contributed by atoms with E-state index in [0.717, 1.165) is 0 Å². The van der Waals surface area contributed by atoms with Crippen LogP contribution in [0.3, 0.4) is 0 Å². The van der Waals surface area contributed by atoms with Crippen molar-refractivity contribution < 1.29 is 14.6 Å². The largest absolute Gasteiger partial charge is 0.469 e. The van der Waals surface area contributed by atoms with Crippen LogP contribution < -0.4 is 0 Å². The van der Waals surface area contributed by atoms with Crippen LogP contribution in [0.25, 0.3) is 0 Å². The van der Waals surface area contributed by atoms with Crippen molar-refractivity contribution in [1.82, 2.24) is 4.90 Å². The van der Waals surface area contributed by atoms with Gasteiger partial charge in [-0.1, -0.05) is 0 Å². The average molecular weight is 201 g/mol. The first-order valence-corrected chi connectivity index (χ1v) is 4.89. The molecule has 14 heavy (non-hydrogen) atoms. The summed E-state index contributed by atoms with van der Waals surface area (Å²) in [5.74, 6) is -0.412. The molecule has 1 aliphatic heterocycles. The molecule has 1 aliphatic rings. The quantitative estimate of drug-likeness (QED) is 0.631. The highest BCUT2D eigenvalue weighted by Gasteiger charge is 2.40. The van der Waals surface area contributed by atoms with E-state index in [0.29, 0.717) is 13.0 Å². The summed E-state index contributed by atoms with van der Waals surface area (Å²) in [6.07, 6.45) is -0.0525. The summed E-state index contributed by atoms with van der Waals surface area (Å²) < 4.78 is 4.67. The van der Waals surface area contributed by atoms with Crippen LogP contribution in [0.15, 0.2) is 0 Å². The number of carbonyl (C=O) groups is 1. The molecule has 2 atom stereocenters. The number of hydrogen-bond acceptors (Lipinski definition) is 4. The van der Waals surface area contributed by atoms with Crippen molar-refractivity contribution in [3.8, 4) is 0 Å². The Kier molecular flexibility index (Phi) is 3.17. The van der Waals surface area contributed by atoms with Crippen molar-refractivity contribution in [3.05, 3.63) is 0 Å². The number of aliphatic hydroxyl groups excluding tert-OH is 1. The zero-order valence-corrected chi connectivity index (χ0v) is 9.28. The molecule has 0 radical (unpaired) electrons. The van der Waals surface area contributed by atoms with Crippen molar-refractivity contribution in [3.63, 3.8) is 0 Å². The van der Waals surface area contributed by atoms with Crippen LogP contribution in [0.1, 0.15) is 27.2 Å². The molecule has 1 N–H and O–H groups in total. The number of hydrogen-bond donors (Lipinski definition) is 1. The first kappa shape index (κ1) is 11.5. The van der Waals surface area contributed by atoms with Crippen molar-refractivity contribution >= 4 is 5.97 Å². The van der Waals surface area contributed by atoms with Gasteiger partial charge in [0.1, 0.15) is 6.23 Å². The molecule has 4 nitrogen and oxygen atoms in total. The summed E-state index contributed by atoms with van der Waals surface area (Å²) in [4.78, 5) is 13.2. The van der Waals surface area contributed by atoms with E-state index in [9.17, 15) is 9.90 Å². The fraction of sp³-hybridized carbons (Fsp3) is 0.900. The minimum Gasteiger partial charge on any atom is -0.469 e. The fourth-order valence-electron chi connectivity index (χ4n) is 1.87. The van der Waals surface area contributed by atoms with Gasteiger partial charge in [0, 0.05) is 18.5 Å².